The van der Waals surface area contributed by atoms with Crippen LogP contribution in [0, 0.1) is 5.41 Å². The zero-order chi connectivity index (χ0) is 13.6. The van der Waals surface area contributed by atoms with Gasteiger partial charge in [0.2, 0.25) is 0 Å². The third kappa shape index (κ3) is 4.87. The largest absolute Gasteiger partial charge is 0.381 e. The van der Waals surface area contributed by atoms with Crippen LogP contribution in [0.2, 0.25) is 0 Å². The highest BCUT2D eigenvalue weighted by molar-refractivity contribution is 4.89. The lowest BCUT2D eigenvalue weighted by atomic mass is 9.86. The van der Waals surface area contributed by atoms with Crippen LogP contribution >= 0.6 is 0 Å². The molecular weight excluding hydrogens is 224 g/mol. The molecule has 0 spiro atoms. The van der Waals surface area contributed by atoms with Crippen LogP contribution in [0.1, 0.15) is 47.0 Å². The molecule has 1 heterocycles. The highest BCUT2D eigenvalue weighted by atomic mass is 16.5. The van der Waals surface area contributed by atoms with Crippen molar-refractivity contribution in [2.24, 2.45) is 5.41 Å². The molecule has 1 saturated heterocycles. The third-order valence-corrected chi connectivity index (χ3v) is 4.11. The SMILES string of the molecule is CCCC(C)N(C)CC1(CNC(C)C)CCOC1. The summed E-state index contributed by atoms with van der Waals surface area (Å²) >= 11 is 0. The molecule has 0 aliphatic carbocycles. The van der Waals surface area contributed by atoms with Gasteiger partial charge >= 0.3 is 0 Å². The fraction of sp³-hybridized carbons (Fsp3) is 1.00. The lowest BCUT2D eigenvalue weighted by Gasteiger charge is -2.36. The van der Waals surface area contributed by atoms with Gasteiger partial charge in [0.1, 0.15) is 0 Å². The third-order valence-electron chi connectivity index (χ3n) is 4.11. The van der Waals surface area contributed by atoms with Gasteiger partial charge in [-0.05, 0) is 26.8 Å². The molecular formula is C15H32N2O. The topological polar surface area (TPSA) is 24.5 Å². The molecule has 1 N–H and O–H groups in total. The van der Waals surface area contributed by atoms with E-state index >= 15 is 0 Å². The van der Waals surface area contributed by atoms with Crippen LogP contribution in [0.5, 0.6) is 0 Å². The molecule has 0 saturated carbocycles. The molecule has 1 aliphatic rings. The Morgan fingerprint density at radius 2 is 2.06 bits per heavy atom. The van der Waals surface area contributed by atoms with Crippen LogP contribution in [-0.4, -0.2) is 50.3 Å². The highest BCUT2D eigenvalue weighted by Crippen LogP contribution is 2.29. The van der Waals surface area contributed by atoms with Gasteiger partial charge in [-0.3, -0.25) is 0 Å². The van der Waals surface area contributed by atoms with Crippen molar-refractivity contribution in [1.82, 2.24) is 10.2 Å². The van der Waals surface area contributed by atoms with Crippen molar-refractivity contribution in [1.29, 1.82) is 0 Å². The number of nitrogens with one attached hydrogen (secondary N) is 1. The van der Waals surface area contributed by atoms with Crippen molar-refractivity contribution in [3.63, 3.8) is 0 Å². The molecule has 2 atom stereocenters. The molecule has 2 unspecified atom stereocenters. The first kappa shape index (κ1) is 15.9. The van der Waals surface area contributed by atoms with E-state index in [1.54, 1.807) is 0 Å². The minimum Gasteiger partial charge on any atom is -0.381 e. The Labute approximate surface area is 113 Å². The van der Waals surface area contributed by atoms with Crippen LogP contribution in [0.25, 0.3) is 0 Å². The lowest BCUT2D eigenvalue weighted by Crippen LogP contribution is -2.47. The van der Waals surface area contributed by atoms with Crippen molar-refractivity contribution < 1.29 is 4.74 Å². The van der Waals surface area contributed by atoms with Gasteiger partial charge in [-0.2, -0.15) is 0 Å². The average molecular weight is 256 g/mol. The maximum Gasteiger partial charge on any atom is 0.0547 e. The van der Waals surface area contributed by atoms with Crippen molar-refractivity contribution >= 4 is 0 Å². The molecule has 3 nitrogen and oxygen atoms in total. The van der Waals surface area contributed by atoms with E-state index in [0.29, 0.717) is 17.5 Å². The van der Waals surface area contributed by atoms with Gasteiger partial charge in [0.05, 0.1) is 6.61 Å². The average Bonchev–Trinajstić information content (AvgIpc) is 2.76. The smallest absolute Gasteiger partial charge is 0.0547 e. The van der Waals surface area contributed by atoms with E-state index in [1.807, 2.05) is 0 Å². The first-order valence-electron chi connectivity index (χ1n) is 7.50. The van der Waals surface area contributed by atoms with Crippen LogP contribution in [0.3, 0.4) is 0 Å². The van der Waals surface area contributed by atoms with Gasteiger partial charge in [0, 0.05) is 37.2 Å². The molecule has 18 heavy (non-hydrogen) atoms. The normalized spacial score (nSPS) is 26.2. The molecule has 0 radical (unpaired) electrons. The summed E-state index contributed by atoms with van der Waals surface area (Å²) in [6, 6.07) is 1.23. The Kier molecular flexibility index (Phi) is 6.61. The predicted molar refractivity (Wildman–Crippen MR) is 78.0 cm³/mol. The van der Waals surface area contributed by atoms with Gasteiger partial charge < -0.3 is 15.0 Å². The van der Waals surface area contributed by atoms with E-state index in [9.17, 15) is 0 Å². The monoisotopic (exact) mass is 256 g/mol. The van der Waals surface area contributed by atoms with Crippen molar-refractivity contribution in [3.8, 4) is 0 Å². The second-order valence-electron chi connectivity index (χ2n) is 6.39. The summed E-state index contributed by atoms with van der Waals surface area (Å²) < 4.78 is 5.67. The number of hydrogen-bond donors (Lipinski definition) is 1. The zero-order valence-corrected chi connectivity index (χ0v) is 13.0. The van der Waals surface area contributed by atoms with E-state index in [1.165, 1.54) is 19.3 Å². The zero-order valence-electron chi connectivity index (χ0n) is 13.0. The highest BCUT2D eigenvalue weighted by Gasteiger charge is 2.36. The second-order valence-corrected chi connectivity index (χ2v) is 6.39. The van der Waals surface area contributed by atoms with Gasteiger partial charge in [0.15, 0.2) is 0 Å². The molecule has 0 aromatic heterocycles. The quantitative estimate of drug-likeness (QED) is 0.722. The number of rotatable bonds is 8. The summed E-state index contributed by atoms with van der Waals surface area (Å²) in [5.74, 6) is 0. The Morgan fingerprint density at radius 1 is 1.33 bits per heavy atom. The molecule has 0 aromatic rings. The summed E-state index contributed by atoms with van der Waals surface area (Å²) in [4.78, 5) is 2.51. The van der Waals surface area contributed by atoms with Crippen molar-refractivity contribution in [3.05, 3.63) is 0 Å². The fourth-order valence-electron chi connectivity index (χ4n) is 2.71. The second kappa shape index (κ2) is 7.46. The minimum atomic E-state index is 0.320. The van der Waals surface area contributed by atoms with Crippen molar-refractivity contribution in [2.75, 3.05) is 33.4 Å². The standard InChI is InChI=1S/C15H32N2O/c1-6-7-14(4)17(5)11-15(8-9-18-12-15)10-16-13(2)3/h13-14,16H,6-12H2,1-5H3. The first-order valence-corrected chi connectivity index (χ1v) is 7.50. The van der Waals surface area contributed by atoms with Gasteiger partial charge in [-0.1, -0.05) is 27.2 Å². The molecule has 1 rings (SSSR count). The maximum atomic E-state index is 5.67. The van der Waals surface area contributed by atoms with Crippen LogP contribution in [0.4, 0.5) is 0 Å². The molecule has 108 valence electrons. The Balaban J connectivity index is 2.51. The van der Waals surface area contributed by atoms with Gasteiger partial charge in [-0.25, -0.2) is 0 Å². The van der Waals surface area contributed by atoms with Gasteiger partial charge in [-0.15, -0.1) is 0 Å². The number of hydrogen-bond acceptors (Lipinski definition) is 3. The van der Waals surface area contributed by atoms with Gasteiger partial charge in [0.25, 0.3) is 0 Å². The lowest BCUT2D eigenvalue weighted by molar-refractivity contribution is 0.100. The fourth-order valence-corrected chi connectivity index (χ4v) is 2.71. The predicted octanol–water partition coefficient (Wildman–Crippen LogP) is 2.51. The maximum absolute atomic E-state index is 5.67. The summed E-state index contributed by atoms with van der Waals surface area (Å²) in [6.07, 6.45) is 3.74. The van der Waals surface area contributed by atoms with Crippen LogP contribution in [-0.2, 0) is 4.74 Å². The van der Waals surface area contributed by atoms with E-state index in [2.05, 4.69) is 45.0 Å². The van der Waals surface area contributed by atoms with Crippen molar-refractivity contribution in [2.45, 2.75) is 59.0 Å². The van der Waals surface area contributed by atoms with Crippen LogP contribution < -0.4 is 5.32 Å². The van der Waals surface area contributed by atoms with E-state index < -0.39 is 0 Å². The summed E-state index contributed by atoms with van der Waals surface area (Å²) in [5.41, 5.74) is 0.320. The Bertz CT molecular complexity index is 225. The molecule has 3 heteroatoms. The van der Waals surface area contributed by atoms with E-state index in [-0.39, 0.29) is 0 Å². The summed E-state index contributed by atoms with van der Waals surface area (Å²) in [6.45, 7) is 13.1. The molecule has 0 amide bonds. The Hall–Kier alpha value is -0.120. The number of nitrogens with zero attached hydrogens (tertiary/aromatic N) is 1. The Morgan fingerprint density at radius 3 is 2.56 bits per heavy atom. The van der Waals surface area contributed by atoms with E-state index in [4.69, 9.17) is 4.74 Å². The molecule has 0 aromatic carbocycles. The first-order chi connectivity index (χ1) is 8.49. The minimum absolute atomic E-state index is 0.320. The number of ether oxygens (including phenoxy) is 1. The summed E-state index contributed by atoms with van der Waals surface area (Å²) in [5, 5.41) is 3.60. The molecule has 0 bridgehead atoms. The molecule has 1 aliphatic heterocycles. The molecule has 1 fully saturated rings. The van der Waals surface area contributed by atoms with Crippen LogP contribution in [0.15, 0.2) is 0 Å². The summed E-state index contributed by atoms with van der Waals surface area (Å²) in [7, 11) is 2.26. The van der Waals surface area contributed by atoms with E-state index in [0.717, 1.165) is 26.3 Å².